The number of hydrogen-bond donors (Lipinski definition) is 2. The summed E-state index contributed by atoms with van der Waals surface area (Å²) in [6.07, 6.45) is 0.768. The molecule has 0 aliphatic carbocycles. The molecular formula is C27H32N2O2. The third-order valence-corrected chi connectivity index (χ3v) is 6.56. The number of rotatable bonds is 8. The lowest BCUT2D eigenvalue weighted by atomic mass is 9.79. The molecule has 0 amide bonds. The highest BCUT2D eigenvalue weighted by molar-refractivity contribution is 5.59. The van der Waals surface area contributed by atoms with Gasteiger partial charge in [0.1, 0.15) is 5.75 Å². The average Bonchev–Trinajstić information content (AvgIpc) is 3.23. The van der Waals surface area contributed by atoms with Gasteiger partial charge in [0.2, 0.25) is 0 Å². The highest BCUT2D eigenvalue weighted by Crippen LogP contribution is 2.39. The van der Waals surface area contributed by atoms with E-state index in [1.165, 1.54) is 11.1 Å². The molecule has 3 aromatic rings. The maximum Gasteiger partial charge on any atom is 0.142 e. The fourth-order valence-electron chi connectivity index (χ4n) is 5.14. The summed E-state index contributed by atoms with van der Waals surface area (Å²) in [4.78, 5) is 2.35. The maximum atomic E-state index is 9.79. The van der Waals surface area contributed by atoms with Crippen molar-refractivity contribution in [3.05, 3.63) is 96.1 Å². The first-order chi connectivity index (χ1) is 15.2. The molecule has 0 saturated carbocycles. The van der Waals surface area contributed by atoms with E-state index in [2.05, 4.69) is 90.1 Å². The van der Waals surface area contributed by atoms with Crippen LogP contribution in [0.1, 0.15) is 23.5 Å². The van der Waals surface area contributed by atoms with E-state index in [9.17, 15) is 5.11 Å². The van der Waals surface area contributed by atoms with Crippen LogP contribution in [0.15, 0.2) is 84.9 Å². The fourth-order valence-corrected chi connectivity index (χ4v) is 5.14. The van der Waals surface area contributed by atoms with Crippen molar-refractivity contribution in [2.75, 3.05) is 32.2 Å². The lowest BCUT2D eigenvalue weighted by Gasteiger charge is -2.39. The highest BCUT2D eigenvalue weighted by atomic mass is 16.5. The van der Waals surface area contributed by atoms with Crippen molar-refractivity contribution < 1.29 is 9.84 Å². The molecule has 31 heavy (non-hydrogen) atoms. The monoisotopic (exact) mass is 416 g/mol. The summed E-state index contributed by atoms with van der Waals surface area (Å²) in [6.45, 7) is 1.07. The molecule has 3 unspecified atom stereocenters. The molecule has 0 spiro atoms. The van der Waals surface area contributed by atoms with Gasteiger partial charge in [0.15, 0.2) is 0 Å². The van der Waals surface area contributed by atoms with Crippen molar-refractivity contribution in [3.8, 4) is 5.75 Å². The molecule has 4 nitrogen and oxygen atoms in total. The van der Waals surface area contributed by atoms with Gasteiger partial charge in [-0.25, -0.2) is 0 Å². The number of benzene rings is 3. The average molecular weight is 417 g/mol. The summed E-state index contributed by atoms with van der Waals surface area (Å²) in [7, 11) is 3.87. The molecule has 0 radical (unpaired) electrons. The summed E-state index contributed by atoms with van der Waals surface area (Å²) in [5, 5.41) is 13.6. The second-order valence-corrected chi connectivity index (χ2v) is 8.28. The molecule has 0 bridgehead atoms. The van der Waals surface area contributed by atoms with E-state index in [1.54, 1.807) is 7.11 Å². The number of likely N-dealkylation sites (N-methyl/N-ethyl adjacent to an activating group) is 1. The molecule has 2 N–H and O–H groups in total. The van der Waals surface area contributed by atoms with Crippen LogP contribution in [-0.4, -0.2) is 44.5 Å². The number of para-hydroxylation sites is 2. The molecule has 1 aliphatic heterocycles. The fraction of sp³-hybridized carbons (Fsp3) is 0.333. The Kier molecular flexibility index (Phi) is 6.90. The first-order valence-corrected chi connectivity index (χ1v) is 11.0. The standard InChI is InChI=1S/C27H32N2O2/c1-29(23-15-9-10-16-24(23)31-2)27-22(17-18-30)19-28-26(27)25(20-11-5-3-6-12-20)21-13-7-4-8-14-21/h3-16,22,25-28,30H,17-19H2,1-2H3. The highest BCUT2D eigenvalue weighted by Gasteiger charge is 2.43. The summed E-state index contributed by atoms with van der Waals surface area (Å²) < 4.78 is 5.67. The lowest BCUT2D eigenvalue weighted by Crippen LogP contribution is -2.48. The van der Waals surface area contributed by atoms with E-state index in [-0.39, 0.29) is 24.6 Å². The minimum Gasteiger partial charge on any atom is -0.495 e. The number of anilines is 1. The van der Waals surface area contributed by atoms with Gasteiger partial charge in [0, 0.05) is 38.2 Å². The molecule has 1 heterocycles. The van der Waals surface area contributed by atoms with Gasteiger partial charge in [-0.2, -0.15) is 0 Å². The number of hydrogen-bond acceptors (Lipinski definition) is 4. The van der Waals surface area contributed by atoms with E-state index < -0.39 is 0 Å². The quantitative estimate of drug-likeness (QED) is 0.575. The number of nitrogens with one attached hydrogen (secondary N) is 1. The van der Waals surface area contributed by atoms with E-state index in [0.29, 0.717) is 5.92 Å². The Morgan fingerprint density at radius 2 is 1.52 bits per heavy atom. The van der Waals surface area contributed by atoms with Crippen molar-refractivity contribution in [3.63, 3.8) is 0 Å². The maximum absolute atomic E-state index is 9.79. The van der Waals surface area contributed by atoms with Crippen LogP contribution in [0.25, 0.3) is 0 Å². The predicted octanol–water partition coefficient (Wildman–Crippen LogP) is 4.30. The van der Waals surface area contributed by atoms with Crippen LogP contribution in [0, 0.1) is 5.92 Å². The molecule has 1 fully saturated rings. The van der Waals surface area contributed by atoms with Crippen molar-refractivity contribution in [1.29, 1.82) is 0 Å². The predicted molar refractivity (Wildman–Crippen MR) is 127 cm³/mol. The first-order valence-electron chi connectivity index (χ1n) is 11.0. The minimum absolute atomic E-state index is 0.191. The Hall–Kier alpha value is -2.82. The molecule has 3 aromatic carbocycles. The number of aliphatic hydroxyl groups excluding tert-OH is 1. The second kappa shape index (κ2) is 9.99. The van der Waals surface area contributed by atoms with E-state index in [1.807, 2.05) is 12.1 Å². The van der Waals surface area contributed by atoms with Gasteiger partial charge in [-0.3, -0.25) is 0 Å². The van der Waals surface area contributed by atoms with Crippen LogP contribution in [0.5, 0.6) is 5.75 Å². The second-order valence-electron chi connectivity index (χ2n) is 8.28. The Balaban J connectivity index is 1.78. The van der Waals surface area contributed by atoms with Gasteiger partial charge in [0.05, 0.1) is 12.8 Å². The smallest absolute Gasteiger partial charge is 0.142 e. The summed E-state index contributed by atoms with van der Waals surface area (Å²) in [5.41, 5.74) is 3.68. The zero-order valence-corrected chi connectivity index (χ0v) is 18.3. The first kappa shape index (κ1) is 21.4. The third-order valence-electron chi connectivity index (χ3n) is 6.56. The van der Waals surface area contributed by atoms with E-state index in [4.69, 9.17) is 4.74 Å². The Morgan fingerprint density at radius 1 is 0.935 bits per heavy atom. The molecule has 4 rings (SSSR count). The van der Waals surface area contributed by atoms with Crippen molar-refractivity contribution in [2.24, 2.45) is 5.92 Å². The van der Waals surface area contributed by atoms with Crippen molar-refractivity contribution >= 4 is 5.69 Å². The molecule has 162 valence electrons. The van der Waals surface area contributed by atoms with Gasteiger partial charge in [0.25, 0.3) is 0 Å². The van der Waals surface area contributed by atoms with Crippen LogP contribution < -0.4 is 15.0 Å². The number of aliphatic hydroxyl groups is 1. The normalized spacial score (nSPS) is 20.7. The summed E-state index contributed by atoms with van der Waals surface area (Å²) in [5.74, 6) is 1.41. The van der Waals surface area contributed by atoms with Gasteiger partial charge in [-0.15, -0.1) is 0 Å². The van der Waals surface area contributed by atoms with Crippen LogP contribution in [-0.2, 0) is 0 Å². The Morgan fingerprint density at radius 3 is 2.10 bits per heavy atom. The SMILES string of the molecule is COc1ccccc1N(C)C1C(CCO)CNC1C(c1ccccc1)c1ccccc1. The zero-order valence-electron chi connectivity index (χ0n) is 18.3. The van der Waals surface area contributed by atoms with Crippen molar-refractivity contribution in [1.82, 2.24) is 5.32 Å². The van der Waals surface area contributed by atoms with Crippen molar-refractivity contribution in [2.45, 2.75) is 24.4 Å². The molecule has 1 aliphatic rings. The largest absolute Gasteiger partial charge is 0.495 e. The zero-order chi connectivity index (χ0) is 21.6. The Labute approximate surface area is 185 Å². The molecule has 3 atom stereocenters. The molecule has 4 heteroatoms. The van der Waals surface area contributed by atoms with Crippen LogP contribution in [0.2, 0.25) is 0 Å². The van der Waals surface area contributed by atoms with E-state index in [0.717, 1.165) is 24.4 Å². The molecular weight excluding hydrogens is 384 g/mol. The van der Waals surface area contributed by atoms with Gasteiger partial charge in [-0.1, -0.05) is 72.8 Å². The minimum atomic E-state index is 0.191. The number of nitrogens with zero attached hydrogens (tertiary/aromatic N) is 1. The number of methoxy groups -OCH3 is 1. The van der Waals surface area contributed by atoms with Gasteiger partial charge >= 0.3 is 0 Å². The van der Waals surface area contributed by atoms with Crippen LogP contribution in [0.3, 0.4) is 0 Å². The molecule has 1 saturated heterocycles. The van der Waals surface area contributed by atoms with E-state index >= 15 is 0 Å². The number of ether oxygens (including phenoxy) is 1. The lowest BCUT2D eigenvalue weighted by molar-refractivity contribution is 0.251. The summed E-state index contributed by atoms with van der Waals surface area (Å²) in [6, 6.07) is 30.1. The van der Waals surface area contributed by atoms with Gasteiger partial charge < -0.3 is 20.1 Å². The van der Waals surface area contributed by atoms with Crippen LogP contribution >= 0.6 is 0 Å². The Bertz CT molecular complexity index is 908. The third kappa shape index (κ3) is 4.46. The summed E-state index contributed by atoms with van der Waals surface area (Å²) >= 11 is 0. The van der Waals surface area contributed by atoms with Gasteiger partial charge in [-0.05, 0) is 35.6 Å². The molecule has 0 aromatic heterocycles. The van der Waals surface area contributed by atoms with Crippen LogP contribution in [0.4, 0.5) is 5.69 Å². The topological polar surface area (TPSA) is 44.7 Å².